The molecule has 0 saturated heterocycles. The second-order valence-corrected chi connectivity index (χ2v) is 7.01. The van der Waals surface area contributed by atoms with E-state index in [9.17, 15) is 0 Å². The molecule has 134 valence electrons. The third kappa shape index (κ3) is 4.79. The molecule has 0 fully saturated rings. The highest BCUT2D eigenvalue weighted by Gasteiger charge is 2.13. The third-order valence-corrected chi connectivity index (χ3v) is 4.53. The monoisotopic (exact) mass is 411 g/mol. The number of ether oxygens (including phenoxy) is 2. The number of aryl methyl sites for hydroxylation is 1. The first-order chi connectivity index (χ1) is 12.7. The van der Waals surface area contributed by atoms with Crippen molar-refractivity contribution in [2.75, 3.05) is 12.4 Å². The highest BCUT2D eigenvalue weighted by atomic mass is 79.9. The number of anilines is 1. The van der Waals surface area contributed by atoms with Gasteiger partial charge < -0.3 is 14.8 Å². The number of rotatable bonds is 7. The van der Waals surface area contributed by atoms with Crippen LogP contribution in [0.5, 0.6) is 11.5 Å². The number of hydrogen-bond acceptors (Lipinski definition) is 3. The molecule has 3 nitrogen and oxygen atoms in total. The number of benzene rings is 3. The largest absolute Gasteiger partial charge is 0.493 e. The summed E-state index contributed by atoms with van der Waals surface area (Å²) in [4.78, 5) is 0. The van der Waals surface area contributed by atoms with Crippen molar-refractivity contribution in [1.82, 2.24) is 0 Å². The zero-order valence-electron chi connectivity index (χ0n) is 15.0. The van der Waals surface area contributed by atoms with E-state index in [2.05, 4.69) is 70.6 Å². The minimum atomic E-state index is 0.496. The fraction of sp³-hybridized carbons (Fsp3) is 0.182. The van der Waals surface area contributed by atoms with E-state index >= 15 is 0 Å². The molecule has 3 aromatic rings. The van der Waals surface area contributed by atoms with Crippen LogP contribution in [-0.4, -0.2) is 7.11 Å². The van der Waals surface area contributed by atoms with Crippen molar-refractivity contribution >= 4 is 21.6 Å². The molecule has 3 rings (SSSR count). The van der Waals surface area contributed by atoms with E-state index in [1.165, 1.54) is 5.56 Å². The van der Waals surface area contributed by atoms with E-state index < -0.39 is 0 Å². The highest BCUT2D eigenvalue weighted by Crippen LogP contribution is 2.36. The van der Waals surface area contributed by atoms with E-state index in [0.717, 1.165) is 32.8 Å². The smallest absolute Gasteiger partial charge is 0.166 e. The summed E-state index contributed by atoms with van der Waals surface area (Å²) in [6.45, 7) is 3.22. The lowest BCUT2D eigenvalue weighted by Gasteiger charge is -2.17. The van der Waals surface area contributed by atoms with Gasteiger partial charge in [-0.3, -0.25) is 0 Å². The van der Waals surface area contributed by atoms with Crippen molar-refractivity contribution in [1.29, 1.82) is 0 Å². The van der Waals surface area contributed by atoms with Gasteiger partial charge in [0.1, 0.15) is 6.61 Å². The van der Waals surface area contributed by atoms with Gasteiger partial charge in [-0.15, -0.1) is 0 Å². The summed E-state index contributed by atoms with van der Waals surface area (Å²) in [6.07, 6.45) is 0. The molecule has 0 aliphatic heterocycles. The molecule has 0 spiro atoms. The van der Waals surface area contributed by atoms with Crippen LogP contribution in [-0.2, 0) is 13.2 Å². The van der Waals surface area contributed by atoms with Gasteiger partial charge in [0.25, 0.3) is 0 Å². The van der Waals surface area contributed by atoms with E-state index in [0.29, 0.717) is 13.2 Å². The van der Waals surface area contributed by atoms with Crippen LogP contribution in [0, 0.1) is 6.92 Å². The minimum absolute atomic E-state index is 0.496. The molecule has 0 bridgehead atoms. The maximum Gasteiger partial charge on any atom is 0.166 e. The highest BCUT2D eigenvalue weighted by molar-refractivity contribution is 9.10. The zero-order valence-corrected chi connectivity index (χ0v) is 16.5. The van der Waals surface area contributed by atoms with Crippen LogP contribution in [0.1, 0.15) is 16.7 Å². The van der Waals surface area contributed by atoms with Crippen LogP contribution in [0.15, 0.2) is 71.2 Å². The van der Waals surface area contributed by atoms with Crippen LogP contribution >= 0.6 is 15.9 Å². The Morgan fingerprint density at radius 1 is 0.962 bits per heavy atom. The van der Waals surface area contributed by atoms with E-state index in [-0.39, 0.29) is 0 Å². The molecular weight excluding hydrogens is 390 g/mol. The molecular formula is C22H22BrNO2. The molecule has 0 heterocycles. The van der Waals surface area contributed by atoms with Gasteiger partial charge in [0.2, 0.25) is 0 Å². The fourth-order valence-corrected chi connectivity index (χ4v) is 3.15. The van der Waals surface area contributed by atoms with Crippen molar-refractivity contribution in [3.05, 3.63) is 87.9 Å². The summed E-state index contributed by atoms with van der Waals surface area (Å²) in [5.41, 5.74) is 4.47. The Labute approximate surface area is 163 Å². The average molecular weight is 412 g/mol. The lowest BCUT2D eigenvalue weighted by Crippen LogP contribution is -2.05. The molecule has 1 N–H and O–H groups in total. The summed E-state index contributed by atoms with van der Waals surface area (Å²) < 4.78 is 12.6. The average Bonchev–Trinajstić information content (AvgIpc) is 2.67. The fourth-order valence-electron chi connectivity index (χ4n) is 2.67. The van der Waals surface area contributed by atoms with Crippen molar-refractivity contribution in [2.45, 2.75) is 20.1 Å². The quantitative estimate of drug-likeness (QED) is 0.520. The number of halogens is 1. The van der Waals surface area contributed by atoms with E-state index in [4.69, 9.17) is 9.47 Å². The van der Waals surface area contributed by atoms with Gasteiger partial charge in [-0.1, -0.05) is 64.0 Å². The molecule has 0 saturated carbocycles. The van der Waals surface area contributed by atoms with Crippen LogP contribution < -0.4 is 14.8 Å². The Hall–Kier alpha value is -2.46. The van der Waals surface area contributed by atoms with Gasteiger partial charge in [-0.2, -0.15) is 0 Å². The number of hydrogen-bond donors (Lipinski definition) is 1. The topological polar surface area (TPSA) is 30.5 Å². The Kier molecular flexibility index (Phi) is 6.18. The van der Waals surface area contributed by atoms with Gasteiger partial charge in [0, 0.05) is 22.3 Å². The predicted octanol–water partition coefficient (Wildman–Crippen LogP) is 5.96. The van der Waals surface area contributed by atoms with Crippen molar-refractivity contribution in [3.8, 4) is 11.5 Å². The van der Waals surface area contributed by atoms with Gasteiger partial charge in [0.15, 0.2) is 11.5 Å². The number of nitrogens with one attached hydrogen (secondary N) is 1. The summed E-state index contributed by atoms with van der Waals surface area (Å²) in [7, 11) is 1.66. The first-order valence-corrected chi connectivity index (χ1v) is 9.28. The molecule has 0 unspecified atom stereocenters. The van der Waals surface area contributed by atoms with Crippen LogP contribution in [0.3, 0.4) is 0 Å². The second-order valence-electron chi connectivity index (χ2n) is 6.09. The summed E-state index contributed by atoms with van der Waals surface area (Å²) in [6, 6.07) is 22.5. The summed E-state index contributed by atoms with van der Waals surface area (Å²) in [5.74, 6) is 1.48. The van der Waals surface area contributed by atoms with E-state index in [1.807, 2.05) is 24.3 Å². The molecule has 4 heteroatoms. The Morgan fingerprint density at radius 3 is 2.38 bits per heavy atom. The summed E-state index contributed by atoms with van der Waals surface area (Å²) >= 11 is 3.56. The van der Waals surface area contributed by atoms with Crippen molar-refractivity contribution < 1.29 is 9.47 Å². The van der Waals surface area contributed by atoms with Gasteiger partial charge in [0.05, 0.1) is 7.11 Å². The molecule has 26 heavy (non-hydrogen) atoms. The molecule has 0 aliphatic rings. The van der Waals surface area contributed by atoms with Crippen molar-refractivity contribution in [2.24, 2.45) is 0 Å². The normalized spacial score (nSPS) is 10.4. The SMILES string of the molecule is COc1cc(Br)cc(CNc2ccc(C)cc2)c1OCc1ccccc1. The predicted molar refractivity (Wildman–Crippen MR) is 110 cm³/mol. The maximum atomic E-state index is 6.12. The lowest BCUT2D eigenvalue weighted by atomic mass is 10.1. The Morgan fingerprint density at radius 2 is 1.69 bits per heavy atom. The molecule has 0 radical (unpaired) electrons. The standard InChI is InChI=1S/C22H22BrNO2/c1-16-8-10-20(11-9-16)24-14-18-12-19(23)13-21(25-2)22(18)26-15-17-6-4-3-5-7-17/h3-13,24H,14-15H2,1-2H3. The Bertz CT molecular complexity index is 848. The minimum Gasteiger partial charge on any atom is -0.493 e. The maximum absolute atomic E-state index is 6.12. The zero-order chi connectivity index (χ0) is 18.4. The van der Waals surface area contributed by atoms with E-state index in [1.54, 1.807) is 7.11 Å². The van der Waals surface area contributed by atoms with Crippen LogP contribution in [0.25, 0.3) is 0 Å². The van der Waals surface area contributed by atoms with Gasteiger partial charge in [-0.05, 0) is 36.8 Å². The first kappa shape index (κ1) is 18.3. The second kappa shape index (κ2) is 8.77. The first-order valence-electron chi connectivity index (χ1n) is 8.49. The van der Waals surface area contributed by atoms with Crippen LogP contribution in [0.2, 0.25) is 0 Å². The van der Waals surface area contributed by atoms with Crippen molar-refractivity contribution in [3.63, 3.8) is 0 Å². The van der Waals surface area contributed by atoms with Gasteiger partial charge >= 0.3 is 0 Å². The van der Waals surface area contributed by atoms with Gasteiger partial charge in [-0.25, -0.2) is 0 Å². The molecule has 0 atom stereocenters. The Balaban J connectivity index is 1.80. The molecule has 0 amide bonds. The lowest BCUT2D eigenvalue weighted by molar-refractivity contribution is 0.281. The van der Waals surface area contributed by atoms with Crippen LogP contribution in [0.4, 0.5) is 5.69 Å². The third-order valence-electron chi connectivity index (χ3n) is 4.08. The molecule has 0 aromatic heterocycles. The molecule has 3 aromatic carbocycles. The number of methoxy groups -OCH3 is 1. The molecule has 0 aliphatic carbocycles. The summed E-state index contributed by atoms with van der Waals surface area (Å²) in [5, 5.41) is 3.45.